The molecule has 0 saturated carbocycles. The van der Waals surface area contributed by atoms with E-state index < -0.39 is 11.9 Å². The molecule has 0 spiro atoms. The van der Waals surface area contributed by atoms with Gasteiger partial charge in [0, 0.05) is 61.0 Å². The van der Waals surface area contributed by atoms with E-state index in [1.807, 2.05) is 73.3 Å². The van der Waals surface area contributed by atoms with Crippen LogP contribution in [0.2, 0.25) is 0 Å². The lowest BCUT2D eigenvalue weighted by molar-refractivity contribution is -0.123. The van der Waals surface area contributed by atoms with Crippen molar-refractivity contribution < 1.29 is 19.2 Å². The highest BCUT2D eigenvalue weighted by Crippen LogP contribution is 2.20. The van der Waals surface area contributed by atoms with Crippen molar-refractivity contribution in [2.24, 2.45) is 0 Å². The predicted molar refractivity (Wildman–Crippen MR) is 194 cm³/mol. The van der Waals surface area contributed by atoms with Crippen molar-refractivity contribution in [1.29, 1.82) is 0 Å². The highest BCUT2D eigenvalue weighted by atomic mass is 16.2. The Morgan fingerprint density at radius 3 is 2.55 bits per heavy atom. The van der Waals surface area contributed by atoms with Gasteiger partial charge in [-0.25, -0.2) is 4.98 Å². The molecule has 5 aromatic rings. The molecule has 264 valence electrons. The fraction of sp³-hybridized carbons (Fsp3) is 0.316. The maximum Gasteiger partial charge on any atom is 0.270 e. The first-order valence-corrected chi connectivity index (χ1v) is 17.2. The van der Waals surface area contributed by atoms with Gasteiger partial charge in [0.2, 0.25) is 11.8 Å². The number of carbonyl (C=O) groups is 4. The van der Waals surface area contributed by atoms with E-state index in [-0.39, 0.29) is 42.9 Å². The number of H-pyrrole nitrogens is 1. The zero-order valence-electron chi connectivity index (χ0n) is 28.9. The number of amides is 4. The summed E-state index contributed by atoms with van der Waals surface area (Å²) < 4.78 is 1.90. The molecule has 6 rings (SSSR count). The third kappa shape index (κ3) is 8.98. The largest absolute Gasteiger partial charge is 0.368 e. The number of nitrogens with zero attached hydrogens (tertiary/aromatic N) is 4. The third-order valence-electron chi connectivity index (χ3n) is 8.84. The number of hydrogen-bond acceptors (Lipinski definition) is 7. The summed E-state index contributed by atoms with van der Waals surface area (Å²) in [5.41, 5.74) is 5.37. The molecule has 1 aliphatic rings. The molecule has 0 aliphatic carbocycles. The summed E-state index contributed by atoms with van der Waals surface area (Å²) in [6.45, 7) is 5.60. The molecule has 5 N–H and O–H groups in total. The normalized spacial score (nSPS) is 16.6. The fourth-order valence-corrected chi connectivity index (χ4v) is 6.25. The zero-order chi connectivity index (χ0) is 35.7. The Hall–Kier alpha value is -5.98. The van der Waals surface area contributed by atoms with Crippen LogP contribution in [0.4, 0.5) is 5.82 Å². The summed E-state index contributed by atoms with van der Waals surface area (Å²) in [6, 6.07) is 21.4. The van der Waals surface area contributed by atoms with E-state index in [1.54, 1.807) is 29.2 Å². The number of rotatable bonds is 5. The van der Waals surface area contributed by atoms with Crippen molar-refractivity contribution in [3.8, 4) is 0 Å². The maximum absolute atomic E-state index is 13.8. The molecule has 0 saturated heterocycles. The van der Waals surface area contributed by atoms with E-state index in [9.17, 15) is 19.2 Å². The number of anilines is 1. The van der Waals surface area contributed by atoms with E-state index in [0.29, 0.717) is 50.4 Å². The average Bonchev–Trinajstić information content (AvgIpc) is 3.69. The van der Waals surface area contributed by atoms with Gasteiger partial charge in [-0.15, -0.1) is 0 Å². The van der Waals surface area contributed by atoms with Gasteiger partial charge in [0.1, 0.15) is 17.6 Å². The number of fused-ring (bicyclic) bond motifs is 3. The van der Waals surface area contributed by atoms with Crippen molar-refractivity contribution in [1.82, 2.24) is 40.6 Å². The van der Waals surface area contributed by atoms with E-state index in [4.69, 9.17) is 0 Å². The number of benzene rings is 2. The number of pyridine rings is 1. The molecule has 1 aliphatic heterocycles. The molecule has 1 atom stereocenters. The highest BCUT2D eigenvalue weighted by molar-refractivity contribution is 5.97. The van der Waals surface area contributed by atoms with Crippen molar-refractivity contribution in [2.45, 2.75) is 45.7 Å². The Balaban J connectivity index is 1.18. The first-order valence-electron chi connectivity index (χ1n) is 17.2. The van der Waals surface area contributed by atoms with Crippen molar-refractivity contribution in [2.75, 3.05) is 38.0 Å². The van der Waals surface area contributed by atoms with Crippen LogP contribution in [0.25, 0.3) is 10.9 Å². The Morgan fingerprint density at radius 1 is 0.882 bits per heavy atom. The summed E-state index contributed by atoms with van der Waals surface area (Å²) in [5, 5.41) is 17.4. The van der Waals surface area contributed by atoms with Crippen molar-refractivity contribution in [3.63, 3.8) is 0 Å². The Labute approximate surface area is 296 Å². The lowest BCUT2D eigenvalue weighted by atomic mass is 10.0. The molecule has 4 heterocycles. The van der Waals surface area contributed by atoms with Crippen LogP contribution in [0.3, 0.4) is 0 Å². The van der Waals surface area contributed by atoms with E-state index >= 15 is 0 Å². The van der Waals surface area contributed by atoms with Crippen LogP contribution in [0.15, 0.2) is 79.0 Å². The summed E-state index contributed by atoms with van der Waals surface area (Å²) >= 11 is 0. The minimum Gasteiger partial charge on any atom is -0.368 e. The van der Waals surface area contributed by atoms with Crippen molar-refractivity contribution in [3.05, 3.63) is 113 Å². The predicted octanol–water partition coefficient (Wildman–Crippen LogP) is 3.35. The Bertz CT molecular complexity index is 2030. The number of aryl methyl sites for hydroxylation is 2. The minimum absolute atomic E-state index is 0.119. The maximum atomic E-state index is 13.8. The molecule has 0 unspecified atom stereocenters. The zero-order valence-corrected chi connectivity index (χ0v) is 28.9. The fourth-order valence-electron chi connectivity index (χ4n) is 6.25. The van der Waals surface area contributed by atoms with Crippen LogP contribution in [-0.2, 0) is 22.6 Å². The Kier molecular flexibility index (Phi) is 11.0. The molecule has 51 heavy (non-hydrogen) atoms. The summed E-state index contributed by atoms with van der Waals surface area (Å²) in [6.07, 6.45) is 3.23. The molecule has 13 heteroatoms. The van der Waals surface area contributed by atoms with Gasteiger partial charge in [-0.3, -0.25) is 23.9 Å². The molecule has 0 radical (unpaired) electrons. The quantitative estimate of drug-likeness (QED) is 0.189. The average molecular weight is 690 g/mol. The van der Waals surface area contributed by atoms with E-state index in [1.165, 1.54) is 0 Å². The molecule has 0 fully saturated rings. The van der Waals surface area contributed by atoms with Gasteiger partial charge in [0.25, 0.3) is 11.8 Å². The summed E-state index contributed by atoms with van der Waals surface area (Å²) in [5.74, 6) is -0.901. The molecule has 2 aromatic carbocycles. The summed E-state index contributed by atoms with van der Waals surface area (Å²) in [7, 11) is 0. The lowest BCUT2D eigenvalue weighted by Gasteiger charge is -2.23. The molecular formula is C38H43N9O4. The molecule has 4 amide bonds. The second-order valence-corrected chi connectivity index (χ2v) is 12.8. The Morgan fingerprint density at radius 2 is 1.71 bits per heavy atom. The number of aromatic nitrogens is 4. The van der Waals surface area contributed by atoms with E-state index in [0.717, 1.165) is 33.4 Å². The second kappa shape index (κ2) is 16.2. The number of hydrogen-bond donors (Lipinski definition) is 5. The van der Waals surface area contributed by atoms with Gasteiger partial charge >= 0.3 is 0 Å². The van der Waals surface area contributed by atoms with Crippen LogP contribution < -0.4 is 21.3 Å². The third-order valence-corrected chi connectivity index (χ3v) is 8.84. The smallest absolute Gasteiger partial charge is 0.270 e. The second-order valence-electron chi connectivity index (χ2n) is 12.8. The number of nitrogens with one attached hydrogen (secondary N) is 5. The van der Waals surface area contributed by atoms with Gasteiger partial charge in [-0.05, 0) is 74.2 Å². The van der Waals surface area contributed by atoms with E-state index in [2.05, 4.69) is 36.3 Å². The molecular weight excluding hydrogens is 646 g/mol. The van der Waals surface area contributed by atoms with Crippen LogP contribution in [0, 0.1) is 13.8 Å². The number of carbonyl (C=O) groups excluding carboxylic acids is 4. The van der Waals surface area contributed by atoms with Crippen LogP contribution in [0.1, 0.15) is 56.2 Å². The standard InChI is InChI=1S/C38H43N9O4/c1-25-19-26(2)47(45-25)23-27-9-7-10-28(20-27)38(51)46-18-6-5-15-41-36(49)33(21-29-22-42-31-12-4-3-11-30(29)31)44-37(50)32-13-8-14-34(43-32)39-16-17-40-35(48)24-46/h3-4,7-14,19-20,22,33,42H,5-6,15-18,21,23-24H2,1-2H3,(H,39,43)(H,40,48)(H,41,49)(H,44,50)/t33-/m0/s1. The first kappa shape index (κ1) is 34.9. The lowest BCUT2D eigenvalue weighted by Crippen LogP contribution is -2.48. The molecule has 13 nitrogen and oxygen atoms in total. The van der Waals surface area contributed by atoms with Crippen LogP contribution >= 0.6 is 0 Å². The number of para-hydroxylation sites is 1. The SMILES string of the molecule is Cc1cc(C)n(Cc2cccc(C(=O)N3CCCCNC(=O)[C@H](Cc4c[nH]c5ccccc45)NC(=O)c4cccc(n4)NCCNC(=O)C3)c2)n1. The first-order chi connectivity index (χ1) is 24.7. The van der Waals surface area contributed by atoms with Crippen LogP contribution in [-0.4, -0.2) is 87.0 Å². The molecule has 3 aromatic heterocycles. The van der Waals surface area contributed by atoms with Gasteiger partial charge < -0.3 is 31.2 Å². The van der Waals surface area contributed by atoms with Gasteiger partial charge in [-0.2, -0.15) is 5.10 Å². The highest BCUT2D eigenvalue weighted by Gasteiger charge is 2.24. The minimum atomic E-state index is -0.862. The van der Waals surface area contributed by atoms with Gasteiger partial charge in [0.05, 0.1) is 18.8 Å². The van der Waals surface area contributed by atoms with Crippen LogP contribution in [0.5, 0.6) is 0 Å². The summed E-state index contributed by atoms with van der Waals surface area (Å²) in [4.78, 5) is 63.1. The number of aromatic amines is 1. The topological polar surface area (TPSA) is 166 Å². The van der Waals surface area contributed by atoms with Gasteiger partial charge in [-0.1, -0.05) is 36.4 Å². The molecule has 2 bridgehead atoms. The monoisotopic (exact) mass is 689 g/mol. The van der Waals surface area contributed by atoms with Crippen molar-refractivity contribution >= 4 is 40.3 Å². The van der Waals surface area contributed by atoms with Gasteiger partial charge in [0.15, 0.2) is 0 Å².